The van der Waals surface area contributed by atoms with Gasteiger partial charge in [-0.05, 0) is 36.7 Å². The number of hydrogen-bond acceptors (Lipinski definition) is 3. The second-order valence-corrected chi connectivity index (χ2v) is 5.07. The molecule has 0 atom stereocenters. The van der Waals surface area contributed by atoms with Crippen LogP contribution in [0.25, 0.3) is 11.0 Å². The molecule has 1 N–H and O–H groups in total. The number of nitrogens with zero attached hydrogens (tertiary/aromatic N) is 2. The first-order chi connectivity index (χ1) is 9.06. The third-order valence-electron chi connectivity index (χ3n) is 2.38. The van der Waals surface area contributed by atoms with Crippen LogP contribution in [-0.4, -0.2) is 15.0 Å². The van der Waals surface area contributed by atoms with Crippen molar-refractivity contribution in [2.24, 2.45) is 0 Å². The van der Waals surface area contributed by atoms with E-state index < -0.39 is 0 Å². The van der Waals surface area contributed by atoms with Gasteiger partial charge in [0.15, 0.2) is 0 Å². The highest BCUT2D eigenvalue weighted by atomic mass is 35.5. The molecule has 0 spiro atoms. The first kappa shape index (κ1) is 14.2. The Morgan fingerprint density at radius 2 is 1.74 bits per heavy atom. The Morgan fingerprint density at radius 3 is 2.37 bits per heavy atom. The number of thiol groups is 1. The van der Waals surface area contributed by atoms with Gasteiger partial charge in [0.25, 0.3) is 0 Å². The Labute approximate surface area is 126 Å². The summed E-state index contributed by atoms with van der Waals surface area (Å²) in [5, 5.41) is 1.32. The van der Waals surface area contributed by atoms with Gasteiger partial charge in [-0.3, -0.25) is 0 Å². The summed E-state index contributed by atoms with van der Waals surface area (Å²) in [5.41, 5.74) is 1.94. The number of aryl methyl sites for hydroxylation is 1. The number of aromatic amines is 1. The molecule has 0 bridgehead atoms. The maximum Gasteiger partial charge on any atom is 0.225 e. The van der Waals surface area contributed by atoms with Gasteiger partial charge in [-0.2, -0.15) is 4.98 Å². The fourth-order valence-corrected chi connectivity index (χ4v) is 2.02. The summed E-state index contributed by atoms with van der Waals surface area (Å²) in [5.74, 6) is 0. The van der Waals surface area contributed by atoms with Crippen molar-refractivity contribution in [3.8, 4) is 0 Å². The van der Waals surface area contributed by atoms with E-state index >= 15 is 0 Å². The fraction of sp³-hybridized carbons (Fsp3) is 0.0769. The average molecular weight is 312 g/mol. The monoisotopic (exact) mass is 311 g/mol. The number of nitrogens with one attached hydrogen (secondary N) is 1. The molecule has 2 heterocycles. The molecule has 0 amide bonds. The number of benzene rings is 1. The van der Waals surface area contributed by atoms with Crippen molar-refractivity contribution >= 4 is 46.9 Å². The van der Waals surface area contributed by atoms with E-state index in [1.54, 1.807) is 12.3 Å². The lowest BCUT2D eigenvalue weighted by molar-refractivity contribution is 1.20. The topological polar surface area (TPSA) is 41.6 Å². The van der Waals surface area contributed by atoms with Gasteiger partial charge in [-0.1, -0.05) is 29.3 Å². The normalized spacial score (nSPS) is 10.1. The molecule has 1 aromatic carbocycles. The molecular weight excluding hydrogens is 301 g/mol. The number of aromatic nitrogens is 3. The number of fused-ring (bicyclic) bond motifs is 1. The molecule has 98 valence electrons. The van der Waals surface area contributed by atoms with Crippen LogP contribution in [0.4, 0.5) is 0 Å². The largest absolute Gasteiger partial charge is 0.346 e. The van der Waals surface area contributed by atoms with Crippen LogP contribution in [0.3, 0.4) is 0 Å². The SMILES string of the molecule is Cc1ccc(S)cc1.Clc1nc(Cl)c2cc[nH]c2n1. The predicted octanol–water partition coefficient (Wildman–Crippen LogP) is 4.55. The minimum atomic E-state index is 0.157. The summed E-state index contributed by atoms with van der Waals surface area (Å²) >= 11 is 15.4. The van der Waals surface area contributed by atoms with Gasteiger partial charge in [0.2, 0.25) is 5.28 Å². The Morgan fingerprint density at radius 1 is 1.05 bits per heavy atom. The number of hydrogen-bond donors (Lipinski definition) is 2. The van der Waals surface area contributed by atoms with Crippen LogP contribution in [0.15, 0.2) is 41.4 Å². The Balaban J connectivity index is 0.000000148. The van der Waals surface area contributed by atoms with E-state index in [2.05, 4.69) is 34.5 Å². The van der Waals surface area contributed by atoms with Crippen LogP contribution < -0.4 is 0 Å². The zero-order chi connectivity index (χ0) is 13.8. The summed E-state index contributed by atoms with van der Waals surface area (Å²) in [6, 6.07) is 9.86. The van der Waals surface area contributed by atoms with Crippen LogP contribution in [0, 0.1) is 6.92 Å². The predicted molar refractivity (Wildman–Crippen MR) is 82.3 cm³/mol. The summed E-state index contributed by atoms with van der Waals surface area (Å²) < 4.78 is 0. The number of halogens is 2. The second-order valence-electron chi connectivity index (χ2n) is 3.86. The number of H-pyrrole nitrogens is 1. The lowest BCUT2D eigenvalue weighted by Gasteiger charge is -1.92. The van der Waals surface area contributed by atoms with Gasteiger partial charge in [0, 0.05) is 11.1 Å². The third-order valence-corrected chi connectivity index (χ3v) is 3.13. The molecule has 3 nitrogen and oxygen atoms in total. The van der Waals surface area contributed by atoms with Gasteiger partial charge in [-0.25, -0.2) is 4.98 Å². The molecule has 6 heteroatoms. The first-order valence-electron chi connectivity index (χ1n) is 5.48. The smallest absolute Gasteiger partial charge is 0.225 e. The first-order valence-corrected chi connectivity index (χ1v) is 6.68. The van der Waals surface area contributed by atoms with Crippen molar-refractivity contribution in [1.82, 2.24) is 15.0 Å². The highest BCUT2D eigenvalue weighted by Gasteiger charge is 2.03. The molecule has 0 unspecified atom stereocenters. The third kappa shape index (κ3) is 3.86. The van der Waals surface area contributed by atoms with Crippen LogP contribution in [0.1, 0.15) is 5.56 Å². The van der Waals surface area contributed by atoms with Gasteiger partial charge in [-0.15, -0.1) is 12.6 Å². The Kier molecular flexibility index (Phi) is 4.69. The maximum atomic E-state index is 5.75. The standard InChI is InChI=1S/C7H8S.C6H3Cl2N3/c1-6-2-4-7(8)5-3-6;7-4-3-1-2-9-5(3)11-6(8)10-4/h2-5,8H,1H3;1-2H,(H,9,10,11). The van der Waals surface area contributed by atoms with E-state index in [1.165, 1.54) is 5.56 Å². The van der Waals surface area contributed by atoms with E-state index in [9.17, 15) is 0 Å². The Hall–Kier alpha value is -1.23. The van der Waals surface area contributed by atoms with Crippen LogP contribution >= 0.6 is 35.8 Å². The minimum Gasteiger partial charge on any atom is -0.346 e. The number of rotatable bonds is 0. The van der Waals surface area contributed by atoms with Crippen molar-refractivity contribution < 1.29 is 0 Å². The molecule has 0 aliphatic rings. The fourth-order valence-electron chi connectivity index (χ4n) is 1.42. The molecule has 0 saturated heterocycles. The lowest BCUT2D eigenvalue weighted by atomic mass is 10.2. The van der Waals surface area contributed by atoms with Crippen molar-refractivity contribution in [1.29, 1.82) is 0 Å². The van der Waals surface area contributed by atoms with Gasteiger partial charge < -0.3 is 4.98 Å². The maximum absolute atomic E-state index is 5.75. The van der Waals surface area contributed by atoms with E-state index in [4.69, 9.17) is 23.2 Å². The van der Waals surface area contributed by atoms with E-state index in [0.29, 0.717) is 10.8 Å². The molecule has 0 aliphatic carbocycles. The molecule has 19 heavy (non-hydrogen) atoms. The highest BCUT2D eigenvalue weighted by Crippen LogP contribution is 2.20. The molecule has 0 saturated carbocycles. The zero-order valence-corrected chi connectivity index (χ0v) is 12.5. The molecule has 0 aliphatic heterocycles. The summed E-state index contributed by atoms with van der Waals surface area (Å²) in [6.45, 7) is 2.06. The van der Waals surface area contributed by atoms with Crippen molar-refractivity contribution in [3.05, 3.63) is 52.5 Å². The highest BCUT2D eigenvalue weighted by molar-refractivity contribution is 7.80. The molecule has 0 radical (unpaired) electrons. The summed E-state index contributed by atoms with van der Waals surface area (Å²) in [6.07, 6.45) is 1.74. The summed E-state index contributed by atoms with van der Waals surface area (Å²) in [4.78, 5) is 11.6. The molecule has 0 fully saturated rings. The van der Waals surface area contributed by atoms with Crippen LogP contribution in [-0.2, 0) is 0 Å². The summed E-state index contributed by atoms with van der Waals surface area (Å²) in [7, 11) is 0. The molecule has 3 aromatic rings. The average Bonchev–Trinajstić information content (AvgIpc) is 2.82. The van der Waals surface area contributed by atoms with E-state index in [1.807, 2.05) is 24.3 Å². The Bertz CT molecular complexity index is 659. The lowest BCUT2D eigenvalue weighted by Crippen LogP contribution is -1.83. The minimum absolute atomic E-state index is 0.157. The molecular formula is C13H11Cl2N3S. The molecule has 3 rings (SSSR count). The quantitative estimate of drug-likeness (QED) is 0.363. The second kappa shape index (κ2) is 6.28. The molecule has 2 aromatic heterocycles. The zero-order valence-electron chi connectivity index (χ0n) is 10.1. The van der Waals surface area contributed by atoms with Crippen molar-refractivity contribution in [3.63, 3.8) is 0 Å². The van der Waals surface area contributed by atoms with Crippen LogP contribution in [0.2, 0.25) is 10.4 Å². The van der Waals surface area contributed by atoms with Crippen molar-refractivity contribution in [2.75, 3.05) is 0 Å². The van der Waals surface area contributed by atoms with Crippen molar-refractivity contribution in [2.45, 2.75) is 11.8 Å². The van der Waals surface area contributed by atoms with E-state index in [0.717, 1.165) is 10.3 Å². The van der Waals surface area contributed by atoms with Gasteiger partial charge in [0.1, 0.15) is 10.8 Å². The van der Waals surface area contributed by atoms with Crippen LogP contribution in [0.5, 0.6) is 0 Å². The van der Waals surface area contributed by atoms with E-state index in [-0.39, 0.29) is 5.28 Å². The van der Waals surface area contributed by atoms with Gasteiger partial charge >= 0.3 is 0 Å². The van der Waals surface area contributed by atoms with Gasteiger partial charge in [0.05, 0.1) is 5.39 Å².